The van der Waals surface area contributed by atoms with Crippen LogP contribution < -0.4 is 15.4 Å². The number of hydrogen-bond donors (Lipinski definition) is 2. The molecule has 2 rings (SSSR count). The van der Waals surface area contributed by atoms with Gasteiger partial charge in [0.1, 0.15) is 17.8 Å². The molecule has 0 atom stereocenters. The maximum atomic E-state index is 6.08. The molecule has 0 spiro atoms. The number of hydrogen-bond acceptors (Lipinski definition) is 5. The molecule has 0 aliphatic heterocycles. The zero-order valence-electron chi connectivity index (χ0n) is 11.1. The third-order valence-corrected chi connectivity index (χ3v) is 3.31. The van der Waals surface area contributed by atoms with Crippen LogP contribution in [-0.2, 0) is 6.54 Å². The smallest absolute Gasteiger partial charge is 0.157 e. The second-order valence-electron chi connectivity index (χ2n) is 3.96. The highest BCUT2D eigenvalue weighted by Crippen LogP contribution is 2.27. The van der Waals surface area contributed by atoms with Crippen LogP contribution in [0.2, 0.25) is 10.2 Å². The van der Waals surface area contributed by atoms with Gasteiger partial charge in [-0.15, -0.1) is 0 Å². The molecule has 0 radical (unpaired) electrons. The van der Waals surface area contributed by atoms with Crippen molar-refractivity contribution in [1.82, 2.24) is 9.97 Å². The van der Waals surface area contributed by atoms with Gasteiger partial charge in [-0.1, -0.05) is 29.3 Å². The quantitative estimate of drug-likeness (QED) is 0.828. The molecule has 1 aromatic carbocycles. The van der Waals surface area contributed by atoms with Gasteiger partial charge in [0.25, 0.3) is 0 Å². The fourth-order valence-electron chi connectivity index (χ4n) is 1.73. The molecule has 1 heterocycles. The third kappa shape index (κ3) is 3.23. The Hall–Kier alpha value is -1.72. The predicted molar refractivity (Wildman–Crippen MR) is 81.9 cm³/mol. The molecule has 2 N–H and O–H groups in total. The Morgan fingerprint density at radius 1 is 1.25 bits per heavy atom. The summed E-state index contributed by atoms with van der Waals surface area (Å²) < 4.78 is 5.11. The number of anilines is 2. The van der Waals surface area contributed by atoms with Gasteiger partial charge in [-0.3, -0.25) is 0 Å². The zero-order chi connectivity index (χ0) is 14.5. The van der Waals surface area contributed by atoms with E-state index < -0.39 is 0 Å². The Bertz CT molecular complexity index is 607. The number of nitrogens with one attached hydrogen (secondary N) is 2. The van der Waals surface area contributed by atoms with E-state index in [1.807, 2.05) is 18.2 Å². The number of halogens is 2. The molecule has 20 heavy (non-hydrogen) atoms. The topological polar surface area (TPSA) is 59.1 Å². The van der Waals surface area contributed by atoms with Crippen molar-refractivity contribution in [2.24, 2.45) is 0 Å². The maximum absolute atomic E-state index is 6.08. The van der Waals surface area contributed by atoms with Crippen LogP contribution in [0.15, 0.2) is 24.5 Å². The highest BCUT2D eigenvalue weighted by Gasteiger charge is 2.08. The molecule has 0 aliphatic rings. The first-order valence-electron chi connectivity index (χ1n) is 5.90. The van der Waals surface area contributed by atoms with Gasteiger partial charge in [0, 0.05) is 13.6 Å². The Kier molecular flexibility index (Phi) is 4.87. The first kappa shape index (κ1) is 14.7. The molecule has 0 bridgehead atoms. The van der Waals surface area contributed by atoms with Gasteiger partial charge in [0.2, 0.25) is 0 Å². The molecule has 0 amide bonds. The van der Waals surface area contributed by atoms with Crippen LogP contribution in [0.5, 0.6) is 5.75 Å². The third-order valence-electron chi connectivity index (χ3n) is 2.73. The van der Waals surface area contributed by atoms with Crippen LogP contribution in [0.25, 0.3) is 0 Å². The van der Waals surface area contributed by atoms with Gasteiger partial charge in [0.15, 0.2) is 11.0 Å². The minimum atomic E-state index is 0.373. The van der Waals surface area contributed by atoms with Crippen LogP contribution in [0.4, 0.5) is 11.5 Å². The first-order valence-corrected chi connectivity index (χ1v) is 6.66. The lowest BCUT2D eigenvalue weighted by atomic mass is 10.2. The molecule has 0 aliphatic carbocycles. The summed E-state index contributed by atoms with van der Waals surface area (Å²) in [5.74, 6) is 1.29. The number of ether oxygens (including phenoxy) is 1. The van der Waals surface area contributed by atoms with E-state index in [1.165, 1.54) is 6.33 Å². The first-order chi connectivity index (χ1) is 9.65. The highest BCUT2D eigenvalue weighted by atomic mass is 35.5. The summed E-state index contributed by atoms with van der Waals surface area (Å²) >= 11 is 12.1. The average molecular weight is 313 g/mol. The largest absolute Gasteiger partial charge is 0.495 e. The van der Waals surface area contributed by atoms with Crippen molar-refractivity contribution in [3.05, 3.63) is 40.3 Å². The Morgan fingerprint density at radius 2 is 2.05 bits per heavy atom. The second kappa shape index (κ2) is 6.63. The second-order valence-corrected chi connectivity index (χ2v) is 4.73. The van der Waals surface area contributed by atoms with Crippen molar-refractivity contribution >= 4 is 34.7 Å². The molecular weight excluding hydrogens is 299 g/mol. The average Bonchev–Trinajstić information content (AvgIpc) is 2.45. The lowest BCUT2D eigenvalue weighted by molar-refractivity contribution is 0.415. The molecule has 0 unspecified atom stereocenters. The number of methoxy groups -OCH3 is 1. The fourth-order valence-corrected chi connectivity index (χ4v) is 2.23. The lowest BCUT2D eigenvalue weighted by Gasteiger charge is -2.12. The molecular formula is C13H14Cl2N4O. The van der Waals surface area contributed by atoms with E-state index in [0.29, 0.717) is 34.0 Å². The maximum Gasteiger partial charge on any atom is 0.157 e. The number of benzene rings is 1. The molecule has 7 heteroatoms. The minimum absolute atomic E-state index is 0.373. The SMILES string of the molecule is CNc1c(Cl)ncnc1NCc1ccc(OC)c(Cl)c1. The summed E-state index contributed by atoms with van der Waals surface area (Å²) in [6.07, 6.45) is 1.41. The summed E-state index contributed by atoms with van der Waals surface area (Å²) in [6, 6.07) is 5.60. The lowest BCUT2D eigenvalue weighted by Crippen LogP contribution is -2.06. The molecule has 2 aromatic rings. The van der Waals surface area contributed by atoms with E-state index in [1.54, 1.807) is 14.2 Å². The van der Waals surface area contributed by atoms with E-state index in [0.717, 1.165) is 5.56 Å². The minimum Gasteiger partial charge on any atom is -0.495 e. The van der Waals surface area contributed by atoms with Crippen LogP contribution >= 0.6 is 23.2 Å². The van der Waals surface area contributed by atoms with Gasteiger partial charge in [-0.2, -0.15) is 0 Å². The normalized spacial score (nSPS) is 10.2. The van der Waals surface area contributed by atoms with E-state index in [9.17, 15) is 0 Å². The molecule has 5 nitrogen and oxygen atoms in total. The predicted octanol–water partition coefficient (Wildman–Crippen LogP) is 3.45. The van der Waals surface area contributed by atoms with E-state index >= 15 is 0 Å². The summed E-state index contributed by atoms with van der Waals surface area (Å²) in [7, 11) is 3.35. The number of aromatic nitrogens is 2. The van der Waals surface area contributed by atoms with Crippen molar-refractivity contribution in [3.8, 4) is 5.75 Å². The Labute approximate surface area is 127 Å². The molecule has 0 fully saturated rings. The summed E-state index contributed by atoms with van der Waals surface area (Å²) in [4.78, 5) is 8.07. The van der Waals surface area contributed by atoms with Crippen LogP contribution in [0.3, 0.4) is 0 Å². The van der Waals surface area contributed by atoms with E-state index in [-0.39, 0.29) is 0 Å². The molecule has 0 saturated heterocycles. The van der Waals surface area contributed by atoms with Crippen molar-refractivity contribution in [2.45, 2.75) is 6.54 Å². The molecule has 106 valence electrons. The van der Waals surface area contributed by atoms with Crippen molar-refractivity contribution in [3.63, 3.8) is 0 Å². The number of nitrogens with zero attached hydrogens (tertiary/aromatic N) is 2. The molecule has 1 aromatic heterocycles. The van der Waals surface area contributed by atoms with Crippen LogP contribution in [0, 0.1) is 0 Å². The van der Waals surface area contributed by atoms with Crippen molar-refractivity contribution in [1.29, 1.82) is 0 Å². The van der Waals surface area contributed by atoms with Crippen LogP contribution in [-0.4, -0.2) is 24.1 Å². The van der Waals surface area contributed by atoms with Gasteiger partial charge in [-0.05, 0) is 17.7 Å². The standard InChI is InChI=1S/C13H14Cl2N4O/c1-16-11-12(15)18-7-19-13(11)17-6-8-3-4-10(20-2)9(14)5-8/h3-5,7,16H,6H2,1-2H3,(H,17,18,19). The molecule has 0 saturated carbocycles. The Balaban J connectivity index is 2.13. The summed E-state index contributed by atoms with van der Waals surface area (Å²) in [5, 5.41) is 7.10. The zero-order valence-corrected chi connectivity index (χ0v) is 12.6. The van der Waals surface area contributed by atoms with Gasteiger partial charge >= 0.3 is 0 Å². The summed E-state index contributed by atoms with van der Waals surface area (Å²) in [5.41, 5.74) is 1.67. The van der Waals surface area contributed by atoms with Crippen molar-refractivity contribution < 1.29 is 4.74 Å². The summed E-state index contributed by atoms with van der Waals surface area (Å²) in [6.45, 7) is 0.561. The monoisotopic (exact) mass is 312 g/mol. The van der Waals surface area contributed by atoms with Crippen LogP contribution in [0.1, 0.15) is 5.56 Å². The van der Waals surface area contributed by atoms with E-state index in [4.69, 9.17) is 27.9 Å². The van der Waals surface area contributed by atoms with Gasteiger partial charge in [-0.25, -0.2) is 9.97 Å². The highest BCUT2D eigenvalue weighted by molar-refractivity contribution is 6.32. The Morgan fingerprint density at radius 3 is 2.70 bits per heavy atom. The van der Waals surface area contributed by atoms with E-state index in [2.05, 4.69) is 20.6 Å². The van der Waals surface area contributed by atoms with Crippen molar-refractivity contribution in [2.75, 3.05) is 24.8 Å². The number of rotatable bonds is 5. The van der Waals surface area contributed by atoms with Gasteiger partial charge < -0.3 is 15.4 Å². The fraction of sp³-hybridized carbons (Fsp3) is 0.231. The van der Waals surface area contributed by atoms with Gasteiger partial charge in [0.05, 0.1) is 12.1 Å².